The summed E-state index contributed by atoms with van der Waals surface area (Å²) in [6.07, 6.45) is 0.155. The number of hydrogen-bond donors (Lipinski definition) is 0. The summed E-state index contributed by atoms with van der Waals surface area (Å²) in [4.78, 5) is 22.1. The summed E-state index contributed by atoms with van der Waals surface area (Å²) in [5.74, 6) is -1.06. The van der Waals surface area contributed by atoms with Crippen molar-refractivity contribution in [1.82, 2.24) is 0 Å². The van der Waals surface area contributed by atoms with Gasteiger partial charge in [-0.25, -0.2) is 4.79 Å². The molecule has 0 aromatic heterocycles. The van der Waals surface area contributed by atoms with Gasteiger partial charge in [0, 0.05) is 4.47 Å². The van der Waals surface area contributed by atoms with Gasteiger partial charge in [-0.3, -0.25) is 4.79 Å². The number of cyclic esters (lactones) is 2. The lowest BCUT2D eigenvalue weighted by Crippen LogP contribution is -2.23. The summed E-state index contributed by atoms with van der Waals surface area (Å²) >= 11 is 3.28. The Labute approximate surface area is 82.8 Å². The lowest BCUT2D eigenvalue weighted by molar-refractivity contribution is -0.137. The standard InChI is InChI=1S/C9H5BrO3/c10-7-3-1-2-5-6(7)4-8(11)13-9(5)12/h1-3H,4H2. The van der Waals surface area contributed by atoms with Crippen molar-refractivity contribution < 1.29 is 14.3 Å². The first kappa shape index (κ1) is 8.44. The molecule has 0 aliphatic carbocycles. The van der Waals surface area contributed by atoms with Gasteiger partial charge in [-0.15, -0.1) is 0 Å². The summed E-state index contributed by atoms with van der Waals surface area (Å²) in [5.41, 5.74) is 1.18. The van der Waals surface area contributed by atoms with Crippen molar-refractivity contribution in [3.63, 3.8) is 0 Å². The van der Waals surface area contributed by atoms with Gasteiger partial charge >= 0.3 is 11.9 Å². The average molecular weight is 241 g/mol. The van der Waals surface area contributed by atoms with E-state index in [4.69, 9.17) is 0 Å². The second-order valence-electron chi connectivity index (χ2n) is 2.70. The van der Waals surface area contributed by atoms with Gasteiger partial charge in [0.05, 0.1) is 12.0 Å². The van der Waals surface area contributed by atoms with Crippen molar-refractivity contribution in [2.45, 2.75) is 6.42 Å². The van der Waals surface area contributed by atoms with Crippen molar-refractivity contribution >= 4 is 27.9 Å². The van der Waals surface area contributed by atoms with Crippen molar-refractivity contribution in [3.8, 4) is 0 Å². The number of benzene rings is 1. The molecule has 0 spiro atoms. The summed E-state index contributed by atoms with van der Waals surface area (Å²) in [7, 11) is 0. The molecule has 4 heteroatoms. The highest BCUT2D eigenvalue weighted by atomic mass is 79.9. The van der Waals surface area contributed by atoms with E-state index in [1.807, 2.05) is 0 Å². The molecule has 0 amide bonds. The molecular weight excluding hydrogens is 236 g/mol. The van der Waals surface area contributed by atoms with Gasteiger partial charge in [0.15, 0.2) is 0 Å². The van der Waals surface area contributed by atoms with E-state index in [1.165, 1.54) is 0 Å². The second kappa shape index (κ2) is 2.96. The average Bonchev–Trinajstić information content (AvgIpc) is 2.07. The lowest BCUT2D eigenvalue weighted by atomic mass is 10.0. The van der Waals surface area contributed by atoms with E-state index >= 15 is 0 Å². The van der Waals surface area contributed by atoms with Gasteiger partial charge in [-0.2, -0.15) is 0 Å². The summed E-state index contributed by atoms with van der Waals surface area (Å²) in [6, 6.07) is 5.18. The normalized spacial score (nSPS) is 15.2. The fraction of sp³-hybridized carbons (Fsp3) is 0.111. The molecule has 0 radical (unpaired) electrons. The maximum atomic E-state index is 11.2. The molecule has 1 aromatic carbocycles. The van der Waals surface area contributed by atoms with Crippen LogP contribution in [0.4, 0.5) is 0 Å². The number of fused-ring (bicyclic) bond motifs is 1. The zero-order valence-electron chi connectivity index (χ0n) is 6.54. The van der Waals surface area contributed by atoms with Crippen LogP contribution < -0.4 is 0 Å². The van der Waals surface area contributed by atoms with Crippen LogP contribution in [0.15, 0.2) is 22.7 Å². The van der Waals surface area contributed by atoms with Crippen LogP contribution in [0.1, 0.15) is 15.9 Å². The van der Waals surface area contributed by atoms with Crippen LogP contribution in [-0.2, 0) is 16.0 Å². The minimum absolute atomic E-state index is 0.155. The molecule has 0 saturated carbocycles. The minimum atomic E-state index is -0.562. The molecule has 13 heavy (non-hydrogen) atoms. The van der Waals surface area contributed by atoms with Crippen molar-refractivity contribution in [3.05, 3.63) is 33.8 Å². The van der Waals surface area contributed by atoms with E-state index in [0.717, 1.165) is 4.47 Å². The zero-order valence-corrected chi connectivity index (χ0v) is 8.13. The Morgan fingerprint density at radius 1 is 1.31 bits per heavy atom. The summed E-state index contributed by atoms with van der Waals surface area (Å²) < 4.78 is 5.24. The number of halogens is 1. The molecule has 2 rings (SSSR count). The quantitative estimate of drug-likeness (QED) is 0.512. The summed E-state index contributed by atoms with van der Waals surface area (Å²) in [5, 5.41) is 0. The number of carbonyl (C=O) groups is 2. The Balaban J connectivity index is 2.61. The maximum Gasteiger partial charge on any atom is 0.346 e. The fourth-order valence-corrected chi connectivity index (χ4v) is 1.77. The first-order chi connectivity index (χ1) is 6.18. The number of ether oxygens (including phenoxy) is 1. The number of hydrogen-bond acceptors (Lipinski definition) is 3. The van der Waals surface area contributed by atoms with Crippen LogP contribution in [0.3, 0.4) is 0 Å². The predicted octanol–water partition coefficient (Wildman–Crippen LogP) is 1.69. The molecule has 0 fully saturated rings. The Kier molecular flexibility index (Phi) is 1.92. The monoisotopic (exact) mass is 240 g/mol. The highest BCUT2D eigenvalue weighted by molar-refractivity contribution is 9.10. The van der Waals surface area contributed by atoms with Crippen molar-refractivity contribution in [2.75, 3.05) is 0 Å². The van der Waals surface area contributed by atoms with Gasteiger partial charge in [-0.1, -0.05) is 22.0 Å². The van der Waals surface area contributed by atoms with Crippen LogP contribution in [0.25, 0.3) is 0 Å². The molecule has 0 unspecified atom stereocenters. The van der Waals surface area contributed by atoms with E-state index in [0.29, 0.717) is 11.1 Å². The maximum absolute atomic E-state index is 11.2. The zero-order chi connectivity index (χ0) is 9.42. The van der Waals surface area contributed by atoms with E-state index in [2.05, 4.69) is 20.7 Å². The molecule has 0 bridgehead atoms. The van der Waals surface area contributed by atoms with Gasteiger partial charge < -0.3 is 4.74 Å². The summed E-state index contributed by atoms with van der Waals surface area (Å²) in [6.45, 7) is 0. The third kappa shape index (κ3) is 1.37. The number of esters is 2. The van der Waals surface area contributed by atoms with Crippen LogP contribution >= 0.6 is 15.9 Å². The fourth-order valence-electron chi connectivity index (χ4n) is 1.27. The molecule has 1 heterocycles. The molecule has 0 saturated heterocycles. The highest BCUT2D eigenvalue weighted by Gasteiger charge is 2.25. The molecule has 0 atom stereocenters. The third-order valence-corrected chi connectivity index (χ3v) is 2.61. The predicted molar refractivity (Wildman–Crippen MR) is 48.3 cm³/mol. The third-order valence-electron chi connectivity index (χ3n) is 1.87. The Hall–Kier alpha value is -1.16. The van der Waals surface area contributed by atoms with Crippen LogP contribution in [-0.4, -0.2) is 11.9 Å². The first-order valence-corrected chi connectivity index (χ1v) is 4.50. The molecule has 1 aromatic rings. The van der Waals surface area contributed by atoms with E-state index < -0.39 is 11.9 Å². The van der Waals surface area contributed by atoms with E-state index in [9.17, 15) is 9.59 Å². The minimum Gasteiger partial charge on any atom is -0.389 e. The lowest BCUT2D eigenvalue weighted by Gasteiger charge is -2.14. The van der Waals surface area contributed by atoms with Crippen LogP contribution in [0.2, 0.25) is 0 Å². The van der Waals surface area contributed by atoms with Crippen LogP contribution in [0.5, 0.6) is 0 Å². The Morgan fingerprint density at radius 2 is 2.08 bits per heavy atom. The van der Waals surface area contributed by atoms with Crippen molar-refractivity contribution in [2.24, 2.45) is 0 Å². The molecule has 3 nitrogen and oxygen atoms in total. The topological polar surface area (TPSA) is 43.4 Å². The van der Waals surface area contributed by atoms with Gasteiger partial charge in [0.1, 0.15) is 0 Å². The van der Waals surface area contributed by atoms with Crippen molar-refractivity contribution in [1.29, 1.82) is 0 Å². The molecular formula is C9H5BrO3. The van der Waals surface area contributed by atoms with Gasteiger partial charge in [0.2, 0.25) is 0 Å². The molecule has 0 N–H and O–H groups in total. The SMILES string of the molecule is O=C1Cc2c(Br)cccc2C(=O)O1. The van der Waals surface area contributed by atoms with Gasteiger partial charge in [0.25, 0.3) is 0 Å². The van der Waals surface area contributed by atoms with Crippen LogP contribution in [0, 0.1) is 0 Å². The molecule has 1 aliphatic heterocycles. The highest BCUT2D eigenvalue weighted by Crippen LogP contribution is 2.25. The second-order valence-corrected chi connectivity index (χ2v) is 3.56. The smallest absolute Gasteiger partial charge is 0.346 e. The van der Waals surface area contributed by atoms with Gasteiger partial charge in [-0.05, 0) is 17.7 Å². The molecule has 66 valence electrons. The largest absolute Gasteiger partial charge is 0.389 e. The first-order valence-electron chi connectivity index (χ1n) is 3.71. The Morgan fingerprint density at radius 3 is 2.85 bits per heavy atom. The number of carbonyl (C=O) groups excluding carboxylic acids is 2. The van der Waals surface area contributed by atoms with E-state index in [-0.39, 0.29) is 6.42 Å². The van der Waals surface area contributed by atoms with E-state index in [1.54, 1.807) is 18.2 Å². The Bertz CT molecular complexity index is 398. The number of rotatable bonds is 0. The molecule has 1 aliphatic rings.